The molecule has 6 nitrogen and oxygen atoms in total. The minimum absolute atomic E-state index is 0.0296. The van der Waals surface area contributed by atoms with Gasteiger partial charge < -0.3 is 14.0 Å². The number of hydrogen-bond acceptors (Lipinski definition) is 5. The third-order valence-electron chi connectivity index (χ3n) is 2.84. The molecule has 0 bridgehead atoms. The molecule has 0 spiro atoms. The summed E-state index contributed by atoms with van der Waals surface area (Å²) in [4.78, 5) is 4.32. The van der Waals surface area contributed by atoms with Crippen molar-refractivity contribution < 1.29 is 9.47 Å². The van der Waals surface area contributed by atoms with E-state index in [0.717, 1.165) is 17.3 Å². The van der Waals surface area contributed by atoms with Gasteiger partial charge in [0.05, 0.1) is 19.3 Å². The average molecular weight is 262 g/mol. The molecule has 0 radical (unpaired) electrons. The Morgan fingerprint density at radius 3 is 2.47 bits per heavy atom. The summed E-state index contributed by atoms with van der Waals surface area (Å²) in [5.74, 6) is 1.55. The van der Waals surface area contributed by atoms with Gasteiger partial charge in [0.15, 0.2) is 5.82 Å². The zero-order chi connectivity index (χ0) is 13.7. The van der Waals surface area contributed by atoms with Gasteiger partial charge in [0.2, 0.25) is 0 Å². The molecule has 19 heavy (non-hydrogen) atoms. The predicted octanol–water partition coefficient (Wildman–Crippen LogP) is 1.48. The zero-order valence-electron chi connectivity index (χ0n) is 11.4. The van der Waals surface area contributed by atoms with Gasteiger partial charge in [-0.05, 0) is 19.1 Å². The molecule has 0 aromatic carbocycles. The van der Waals surface area contributed by atoms with Crippen molar-refractivity contribution in [1.29, 1.82) is 0 Å². The molecule has 0 saturated carbocycles. The number of aromatic nitrogens is 4. The first-order valence-electron chi connectivity index (χ1n) is 6.08. The monoisotopic (exact) mass is 262 g/mol. The van der Waals surface area contributed by atoms with Crippen LogP contribution in [0.25, 0.3) is 11.5 Å². The fourth-order valence-corrected chi connectivity index (χ4v) is 2.06. The van der Waals surface area contributed by atoms with Crippen LogP contribution in [0.4, 0.5) is 0 Å². The molecule has 0 unspecified atom stereocenters. The van der Waals surface area contributed by atoms with Crippen LogP contribution in [0.3, 0.4) is 0 Å². The van der Waals surface area contributed by atoms with Crippen LogP contribution in [0.15, 0.2) is 24.4 Å². The number of rotatable bonds is 6. The molecule has 2 rings (SSSR count). The largest absolute Gasteiger partial charge is 0.382 e. The summed E-state index contributed by atoms with van der Waals surface area (Å²) in [6.45, 7) is 2.98. The minimum atomic E-state index is 0.0296. The van der Waals surface area contributed by atoms with E-state index in [2.05, 4.69) is 15.2 Å². The van der Waals surface area contributed by atoms with Crippen LogP contribution in [0.5, 0.6) is 0 Å². The summed E-state index contributed by atoms with van der Waals surface area (Å²) in [5, 5.41) is 8.35. The quantitative estimate of drug-likeness (QED) is 0.789. The van der Waals surface area contributed by atoms with Gasteiger partial charge in [-0.15, -0.1) is 10.2 Å². The Labute approximate surface area is 112 Å². The molecular weight excluding hydrogens is 244 g/mol. The van der Waals surface area contributed by atoms with Gasteiger partial charge in [-0.1, -0.05) is 6.07 Å². The first-order valence-corrected chi connectivity index (χ1v) is 6.08. The highest BCUT2D eigenvalue weighted by Gasteiger charge is 2.20. The topological polar surface area (TPSA) is 62.1 Å². The molecule has 0 fully saturated rings. The Bertz CT molecular complexity index is 507. The molecule has 2 aromatic heterocycles. The van der Waals surface area contributed by atoms with Crippen LogP contribution in [0, 0.1) is 6.92 Å². The van der Waals surface area contributed by atoms with Crippen LogP contribution in [0.2, 0.25) is 0 Å². The lowest BCUT2D eigenvalue weighted by Crippen LogP contribution is -2.22. The number of aryl methyl sites for hydroxylation is 1. The Hall–Kier alpha value is -1.79. The van der Waals surface area contributed by atoms with Gasteiger partial charge in [-0.25, -0.2) is 0 Å². The van der Waals surface area contributed by atoms with Crippen molar-refractivity contribution in [2.24, 2.45) is 0 Å². The number of hydrogen-bond donors (Lipinski definition) is 0. The van der Waals surface area contributed by atoms with Crippen LogP contribution in [0.1, 0.15) is 11.9 Å². The highest BCUT2D eigenvalue weighted by Crippen LogP contribution is 2.21. The highest BCUT2D eigenvalue weighted by atomic mass is 16.5. The van der Waals surface area contributed by atoms with Gasteiger partial charge >= 0.3 is 0 Å². The Balaban J connectivity index is 2.41. The van der Waals surface area contributed by atoms with Crippen molar-refractivity contribution in [1.82, 2.24) is 19.7 Å². The van der Waals surface area contributed by atoms with Gasteiger partial charge in [0.1, 0.15) is 11.5 Å². The van der Waals surface area contributed by atoms with E-state index < -0.39 is 0 Å². The average Bonchev–Trinajstić information content (AvgIpc) is 2.81. The Morgan fingerprint density at radius 1 is 1.16 bits per heavy atom. The van der Waals surface area contributed by atoms with E-state index in [9.17, 15) is 0 Å². The third-order valence-corrected chi connectivity index (χ3v) is 2.84. The molecule has 2 aromatic rings. The second-order valence-electron chi connectivity index (χ2n) is 4.22. The van der Waals surface area contributed by atoms with E-state index in [1.807, 2.05) is 29.7 Å². The molecule has 2 heterocycles. The minimum Gasteiger partial charge on any atom is -0.382 e. The van der Waals surface area contributed by atoms with Gasteiger partial charge in [0, 0.05) is 20.4 Å². The van der Waals surface area contributed by atoms with E-state index in [1.165, 1.54) is 0 Å². The molecule has 0 aliphatic carbocycles. The van der Waals surface area contributed by atoms with Gasteiger partial charge in [-0.2, -0.15) is 0 Å². The smallest absolute Gasteiger partial charge is 0.183 e. The number of ether oxygens (including phenoxy) is 2. The molecule has 0 N–H and O–H groups in total. The lowest BCUT2D eigenvalue weighted by Gasteiger charge is -2.19. The van der Waals surface area contributed by atoms with Crippen LogP contribution >= 0.6 is 0 Å². The Morgan fingerprint density at radius 2 is 1.89 bits per heavy atom. The maximum atomic E-state index is 5.25. The Kier molecular flexibility index (Phi) is 4.59. The molecule has 0 aliphatic heterocycles. The molecule has 0 atom stereocenters. The second-order valence-corrected chi connectivity index (χ2v) is 4.22. The molecule has 6 heteroatoms. The summed E-state index contributed by atoms with van der Waals surface area (Å²) in [7, 11) is 3.34. The van der Waals surface area contributed by atoms with E-state index in [1.54, 1.807) is 20.4 Å². The van der Waals surface area contributed by atoms with Crippen LogP contribution in [-0.2, 0) is 9.47 Å². The van der Waals surface area contributed by atoms with Crippen molar-refractivity contribution >= 4 is 0 Å². The zero-order valence-corrected chi connectivity index (χ0v) is 11.4. The maximum absolute atomic E-state index is 5.25. The molecule has 0 aliphatic rings. The number of nitrogens with zero attached hydrogens (tertiary/aromatic N) is 4. The summed E-state index contributed by atoms with van der Waals surface area (Å²) in [5.41, 5.74) is 0.792. The van der Waals surface area contributed by atoms with Gasteiger partial charge in [-0.3, -0.25) is 4.98 Å². The highest BCUT2D eigenvalue weighted by molar-refractivity contribution is 5.49. The first kappa shape index (κ1) is 13.6. The third kappa shape index (κ3) is 2.97. The lowest BCUT2D eigenvalue weighted by molar-refractivity contribution is 0.0891. The fraction of sp³-hybridized carbons (Fsp3) is 0.462. The van der Waals surface area contributed by atoms with Gasteiger partial charge in [0.25, 0.3) is 0 Å². The first-order chi connectivity index (χ1) is 9.27. The van der Waals surface area contributed by atoms with Crippen molar-refractivity contribution in [3.63, 3.8) is 0 Å². The second kappa shape index (κ2) is 6.40. The number of pyridine rings is 1. The predicted molar refractivity (Wildman–Crippen MR) is 70.8 cm³/mol. The molecule has 0 saturated heterocycles. The fourth-order valence-electron chi connectivity index (χ4n) is 2.06. The van der Waals surface area contributed by atoms with E-state index in [0.29, 0.717) is 13.2 Å². The van der Waals surface area contributed by atoms with Crippen LogP contribution < -0.4 is 0 Å². The summed E-state index contributed by atoms with van der Waals surface area (Å²) >= 11 is 0. The number of methoxy groups -OCH3 is 2. The van der Waals surface area contributed by atoms with Crippen molar-refractivity contribution in [2.75, 3.05) is 27.4 Å². The lowest BCUT2D eigenvalue weighted by atomic mass is 10.2. The molecule has 0 amide bonds. The summed E-state index contributed by atoms with van der Waals surface area (Å²) in [6, 6.07) is 5.75. The van der Waals surface area contributed by atoms with Crippen molar-refractivity contribution in [2.45, 2.75) is 13.0 Å². The molecular formula is C13H18N4O2. The molecule has 102 valence electrons. The summed E-state index contributed by atoms with van der Waals surface area (Å²) in [6.07, 6.45) is 1.74. The summed E-state index contributed by atoms with van der Waals surface area (Å²) < 4.78 is 12.5. The SMILES string of the molecule is COCC(COC)n1c(C)nnc1-c1ccccn1. The van der Waals surface area contributed by atoms with E-state index in [4.69, 9.17) is 9.47 Å². The van der Waals surface area contributed by atoms with Crippen molar-refractivity contribution in [3.8, 4) is 11.5 Å². The van der Waals surface area contributed by atoms with Crippen LogP contribution in [-0.4, -0.2) is 47.2 Å². The van der Waals surface area contributed by atoms with E-state index in [-0.39, 0.29) is 6.04 Å². The standard InChI is InChI=1S/C13H18N4O2/c1-10-15-16-13(12-6-4-5-7-14-12)17(10)11(8-18-2)9-19-3/h4-7,11H,8-9H2,1-3H3. The van der Waals surface area contributed by atoms with E-state index >= 15 is 0 Å². The maximum Gasteiger partial charge on any atom is 0.183 e. The normalized spacial score (nSPS) is 11.2. The van der Waals surface area contributed by atoms with Crippen molar-refractivity contribution in [3.05, 3.63) is 30.2 Å².